The third-order valence-electron chi connectivity index (χ3n) is 6.49. The first-order valence-electron chi connectivity index (χ1n) is 11.7. The van der Waals surface area contributed by atoms with Crippen LogP contribution in [-0.4, -0.2) is 29.5 Å². The van der Waals surface area contributed by atoms with E-state index in [0.29, 0.717) is 51.5 Å². The number of ether oxygens (including phenoxy) is 3. The minimum atomic E-state index is -0.356. The van der Waals surface area contributed by atoms with Gasteiger partial charge in [-0.3, -0.25) is 9.59 Å². The average molecular weight is 520 g/mol. The van der Waals surface area contributed by atoms with E-state index in [2.05, 4.69) is 5.32 Å². The fourth-order valence-electron chi connectivity index (χ4n) is 4.44. The van der Waals surface area contributed by atoms with E-state index in [1.165, 1.54) is 11.8 Å². The van der Waals surface area contributed by atoms with Crippen molar-refractivity contribution in [1.29, 1.82) is 0 Å². The Morgan fingerprint density at radius 2 is 1.81 bits per heavy atom. The van der Waals surface area contributed by atoms with Gasteiger partial charge in [0.1, 0.15) is 12.3 Å². The lowest BCUT2D eigenvalue weighted by molar-refractivity contribution is -0.117. The van der Waals surface area contributed by atoms with Crippen LogP contribution in [0.2, 0.25) is 5.02 Å². The minimum Gasteiger partial charge on any atom is -0.495 e. The number of amides is 1. The average Bonchev–Trinajstić information content (AvgIpc) is 3.14. The van der Waals surface area contributed by atoms with Gasteiger partial charge in [0.15, 0.2) is 11.5 Å². The summed E-state index contributed by atoms with van der Waals surface area (Å²) in [5.41, 5.74) is 4.34. The van der Waals surface area contributed by atoms with Gasteiger partial charge in [-0.25, -0.2) is 9.36 Å². The van der Waals surface area contributed by atoms with Crippen molar-refractivity contribution >= 4 is 23.2 Å². The molecule has 0 saturated heterocycles. The Morgan fingerprint density at radius 3 is 2.51 bits per heavy atom. The van der Waals surface area contributed by atoms with E-state index in [1.807, 2.05) is 44.2 Å². The zero-order valence-corrected chi connectivity index (χ0v) is 21.7. The number of anilines is 1. The van der Waals surface area contributed by atoms with E-state index in [-0.39, 0.29) is 18.0 Å². The van der Waals surface area contributed by atoms with Gasteiger partial charge in [-0.15, -0.1) is 0 Å². The Bertz CT molecular complexity index is 1590. The summed E-state index contributed by atoms with van der Waals surface area (Å²) >= 11 is 6.22. The first kappa shape index (κ1) is 24.5. The van der Waals surface area contributed by atoms with Crippen LogP contribution in [0.4, 0.5) is 5.69 Å². The number of methoxy groups -OCH3 is 2. The molecule has 0 saturated carbocycles. The van der Waals surface area contributed by atoms with Gasteiger partial charge in [-0.05, 0) is 61.4 Å². The predicted molar refractivity (Wildman–Crippen MR) is 142 cm³/mol. The second-order valence-corrected chi connectivity index (χ2v) is 9.26. The summed E-state index contributed by atoms with van der Waals surface area (Å²) in [7, 11) is 3.09. The molecule has 0 radical (unpaired) electrons. The molecule has 0 bridgehead atoms. The van der Waals surface area contributed by atoms with Crippen molar-refractivity contribution in [3.05, 3.63) is 92.2 Å². The summed E-state index contributed by atoms with van der Waals surface area (Å²) in [6.45, 7) is 3.81. The van der Waals surface area contributed by atoms with Gasteiger partial charge >= 0.3 is 0 Å². The third kappa shape index (κ3) is 4.44. The Morgan fingerprint density at radius 1 is 1.03 bits per heavy atom. The standard InChI is InChI=1S/C28H26ClN3O5/c1-16-8-10-20(12-17(16)2)32-27(34)21-13-18-6-5-7-24(36-4)26(18)37-28(21)31(32)15-25(33)30-19-9-11-23(35-3)22(29)14-19/h5-12,14H,13,15H2,1-4H3,(H,30,33). The number of carbonyl (C=O) groups is 1. The van der Waals surface area contributed by atoms with Gasteiger partial charge in [-0.2, -0.15) is 0 Å². The first-order valence-corrected chi connectivity index (χ1v) is 12.1. The maximum Gasteiger partial charge on any atom is 0.278 e. The van der Waals surface area contributed by atoms with Crippen LogP contribution in [0.1, 0.15) is 22.3 Å². The monoisotopic (exact) mass is 519 g/mol. The molecular weight excluding hydrogens is 494 g/mol. The van der Waals surface area contributed by atoms with Crippen molar-refractivity contribution in [2.45, 2.75) is 26.8 Å². The number of rotatable bonds is 6. The summed E-state index contributed by atoms with van der Waals surface area (Å²) in [5.74, 6) is 1.54. The van der Waals surface area contributed by atoms with Crippen LogP contribution < -0.4 is 25.1 Å². The van der Waals surface area contributed by atoms with Crippen LogP contribution >= 0.6 is 11.6 Å². The topological polar surface area (TPSA) is 83.7 Å². The molecule has 1 aliphatic heterocycles. The first-order chi connectivity index (χ1) is 17.8. The summed E-state index contributed by atoms with van der Waals surface area (Å²) in [6.07, 6.45) is 0.355. The molecule has 9 heteroatoms. The zero-order valence-electron chi connectivity index (χ0n) is 20.9. The van der Waals surface area contributed by atoms with Crippen molar-refractivity contribution in [2.24, 2.45) is 0 Å². The van der Waals surface area contributed by atoms with Gasteiger partial charge in [-0.1, -0.05) is 29.8 Å². The smallest absolute Gasteiger partial charge is 0.278 e. The number of fused-ring (bicyclic) bond motifs is 2. The van der Waals surface area contributed by atoms with Crippen LogP contribution in [0.15, 0.2) is 59.4 Å². The molecule has 8 nitrogen and oxygen atoms in total. The number of carbonyl (C=O) groups excluding carboxylic acids is 1. The molecule has 3 aromatic carbocycles. The van der Waals surface area contributed by atoms with Gasteiger partial charge in [0, 0.05) is 17.7 Å². The summed E-state index contributed by atoms with van der Waals surface area (Å²) in [4.78, 5) is 26.9. The molecule has 37 heavy (non-hydrogen) atoms. The Balaban J connectivity index is 1.58. The Labute approximate surface area is 218 Å². The molecule has 0 atom stereocenters. The third-order valence-corrected chi connectivity index (χ3v) is 6.79. The molecule has 4 aromatic rings. The van der Waals surface area contributed by atoms with Crippen LogP contribution in [0, 0.1) is 13.8 Å². The maximum absolute atomic E-state index is 13.7. The molecule has 2 heterocycles. The molecule has 0 spiro atoms. The SMILES string of the molecule is COc1ccc(NC(=O)Cn2c3c(c(=O)n2-c2ccc(C)c(C)c2)Cc2cccc(OC)c2O3)cc1Cl. The number of nitrogens with one attached hydrogen (secondary N) is 1. The van der Waals surface area contributed by atoms with Crippen LogP contribution in [0.5, 0.6) is 23.1 Å². The van der Waals surface area contributed by atoms with E-state index in [9.17, 15) is 9.59 Å². The fourth-order valence-corrected chi connectivity index (χ4v) is 4.70. The van der Waals surface area contributed by atoms with E-state index in [1.54, 1.807) is 36.1 Å². The lowest BCUT2D eigenvalue weighted by atomic mass is 10.0. The van der Waals surface area contributed by atoms with Gasteiger partial charge < -0.3 is 19.5 Å². The minimum absolute atomic E-state index is 0.175. The highest BCUT2D eigenvalue weighted by Gasteiger charge is 2.31. The van der Waals surface area contributed by atoms with Crippen molar-refractivity contribution in [1.82, 2.24) is 9.36 Å². The molecule has 1 amide bonds. The van der Waals surface area contributed by atoms with Crippen molar-refractivity contribution in [2.75, 3.05) is 19.5 Å². The molecular formula is C28H26ClN3O5. The summed E-state index contributed by atoms with van der Waals surface area (Å²) in [5, 5.41) is 3.22. The Hall–Kier alpha value is -4.17. The number of nitrogens with zero attached hydrogens (tertiary/aromatic N) is 2. The highest BCUT2D eigenvalue weighted by atomic mass is 35.5. The van der Waals surface area contributed by atoms with Gasteiger partial charge in [0.2, 0.25) is 11.8 Å². The molecule has 190 valence electrons. The zero-order chi connectivity index (χ0) is 26.3. The maximum atomic E-state index is 13.7. The molecule has 1 N–H and O–H groups in total. The number of halogens is 1. The Kier molecular flexibility index (Phi) is 6.43. The van der Waals surface area contributed by atoms with Gasteiger partial charge in [0.25, 0.3) is 5.56 Å². The molecule has 5 rings (SSSR count). The second-order valence-electron chi connectivity index (χ2n) is 8.85. The van der Waals surface area contributed by atoms with E-state index < -0.39 is 0 Å². The molecule has 0 aliphatic carbocycles. The predicted octanol–water partition coefficient (Wildman–Crippen LogP) is 5.26. The lowest BCUT2D eigenvalue weighted by Gasteiger charge is -2.21. The number of benzene rings is 3. The quantitative estimate of drug-likeness (QED) is 0.331. The number of aryl methyl sites for hydroxylation is 2. The number of aromatic nitrogens is 2. The summed E-state index contributed by atoms with van der Waals surface area (Å²) in [6, 6.07) is 16.3. The molecule has 1 aliphatic rings. The van der Waals surface area contributed by atoms with Crippen LogP contribution in [-0.2, 0) is 17.8 Å². The number of para-hydroxylation sites is 1. The lowest BCUT2D eigenvalue weighted by Crippen LogP contribution is -2.27. The van der Waals surface area contributed by atoms with Crippen molar-refractivity contribution in [3.8, 4) is 28.8 Å². The number of hydrogen-bond donors (Lipinski definition) is 1. The van der Waals surface area contributed by atoms with E-state index in [0.717, 1.165) is 16.7 Å². The number of hydrogen-bond acceptors (Lipinski definition) is 5. The largest absolute Gasteiger partial charge is 0.495 e. The van der Waals surface area contributed by atoms with Gasteiger partial charge in [0.05, 0.1) is 30.5 Å². The van der Waals surface area contributed by atoms with Crippen molar-refractivity contribution < 1.29 is 19.0 Å². The van der Waals surface area contributed by atoms with Crippen LogP contribution in [0.25, 0.3) is 5.69 Å². The van der Waals surface area contributed by atoms with E-state index in [4.69, 9.17) is 25.8 Å². The summed E-state index contributed by atoms with van der Waals surface area (Å²) < 4.78 is 20.0. The highest BCUT2D eigenvalue weighted by molar-refractivity contribution is 6.32. The molecule has 1 aromatic heterocycles. The van der Waals surface area contributed by atoms with Crippen molar-refractivity contribution in [3.63, 3.8) is 0 Å². The van der Waals surface area contributed by atoms with Crippen LogP contribution in [0.3, 0.4) is 0 Å². The fraction of sp³-hybridized carbons (Fsp3) is 0.214. The molecule has 0 fully saturated rings. The highest BCUT2D eigenvalue weighted by Crippen LogP contribution is 2.42. The van der Waals surface area contributed by atoms with E-state index >= 15 is 0 Å². The second kappa shape index (κ2) is 9.71. The molecule has 0 unspecified atom stereocenters. The normalized spacial score (nSPS) is 11.8.